The smallest absolute Gasteiger partial charge is 0.330 e. The van der Waals surface area contributed by atoms with Crippen LogP contribution in [0.3, 0.4) is 0 Å². The molecule has 0 spiro atoms. The van der Waals surface area contributed by atoms with Gasteiger partial charge in [0.15, 0.2) is 17.2 Å². The number of ether oxygens (including phenoxy) is 1. The molecule has 156 valence electrons. The first-order chi connectivity index (χ1) is 15.0. The molecule has 0 amide bonds. The number of hydrogen-bond donors (Lipinski definition) is 2. The Morgan fingerprint density at radius 1 is 0.935 bits per heavy atom. The number of aromatic hydroxyl groups is 2. The molecule has 3 aromatic rings. The number of hydrogen-bond acceptors (Lipinski definition) is 7. The molecule has 7 nitrogen and oxygen atoms in total. The van der Waals surface area contributed by atoms with Crippen LogP contribution in [0, 0.1) is 0 Å². The van der Waals surface area contributed by atoms with Crippen molar-refractivity contribution in [3.05, 3.63) is 95.6 Å². The predicted octanol–water partition coefficient (Wildman–Crippen LogP) is 5.36. The van der Waals surface area contributed by atoms with E-state index in [1.807, 2.05) is 0 Å². The monoisotopic (exact) mass is 416 g/mol. The highest BCUT2D eigenvalue weighted by Gasteiger charge is 2.19. The van der Waals surface area contributed by atoms with Crippen LogP contribution in [0.5, 0.6) is 11.5 Å². The second-order valence-corrected chi connectivity index (χ2v) is 6.46. The topological polar surface area (TPSA) is 109 Å². The number of phenolic OH excluding ortho intramolecular Hbond substituents is 2. The Morgan fingerprint density at radius 2 is 1.65 bits per heavy atom. The second-order valence-electron chi connectivity index (χ2n) is 6.46. The molecular formula is C24H20N2O5. The molecule has 0 bridgehead atoms. The third-order valence-corrected chi connectivity index (χ3v) is 4.33. The lowest BCUT2D eigenvalue weighted by atomic mass is 10.0. The summed E-state index contributed by atoms with van der Waals surface area (Å²) in [5, 5.41) is 28.8. The van der Waals surface area contributed by atoms with E-state index in [0.717, 1.165) is 0 Å². The summed E-state index contributed by atoms with van der Waals surface area (Å²) < 4.78 is 5.14. The average molecular weight is 416 g/mol. The standard InChI is InChI=1S/C24H20N2O5/c1-2-8-21(28)31-15-17-11-6-7-12-19(17)25-26-22-20(27)14-13-18(24(22)30)23(29)16-9-4-3-5-10-16/h2-14,27,30H,15H2,1H3. The van der Waals surface area contributed by atoms with E-state index in [1.165, 1.54) is 18.2 Å². The molecule has 0 aliphatic carbocycles. The summed E-state index contributed by atoms with van der Waals surface area (Å²) in [5.74, 6) is -1.71. The molecule has 3 rings (SSSR count). The van der Waals surface area contributed by atoms with Crippen LogP contribution in [0.4, 0.5) is 11.4 Å². The first kappa shape index (κ1) is 21.4. The van der Waals surface area contributed by atoms with E-state index in [1.54, 1.807) is 67.6 Å². The van der Waals surface area contributed by atoms with Gasteiger partial charge in [-0.3, -0.25) is 4.79 Å². The Kier molecular flexibility index (Phi) is 6.90. The summed E-state index contributed by atoms with van der Waals surface area (Å²) >= 11 is 0. The van der Waals surface area contributed by atoms with Gasteiger partial charge in [0, 0.05) is 17.2 Å². The van der Waals surface area contributed by atoms with E-state index in [2.05, 4.69) is 10.2 Å². The average Bonchev–Trinajstić information content (AvgIpc) is 2.78. The summed E-state index contributed by atoms with van der Waals surface area (Å²) in [6.45, 7) is 1.68. The van der Waals surface area contributed by atoms with E-state index in [9.17, 15) is 19.8 Å². The van der Waals surface area contributed by atoms with Gasteiger partial charge in [-0.05, 0) is 25.1 Å². The van der Waals surface area contributed by atoms with Crippen LogP contribution in [0.1, 0.15) is 28.4 Å². The van der Waals surface area contributed by atoms with Gasteiger partial charge in [-0.1, -0.05) is 54.6 Å². The lowest BCUT2D eigenvalue weighted by Crippen LogP contribution is -2.01. The van der Waals surface area contributed by atoms with Crippen LogP contribution in [0.2, 0.25) is 0 Å². The zero-order chi connectivity index (χ0) is 22.2. The van der Waals surface area contributed by atoms with E-state index in [4.69, 9.17) is 4.74 Å². The molecule has 0 radical (unpaired) electrons. The molecule has 7 heteroatoms. The van der Waals surface area contributed by atoms with Crippen LogP contribution >= 0.6 is 0 Å². The van der Waals surface area contributed by atoms with Gasteiger partial charge < -0.3 is 14.9 Å². The minimum atomic E-state index is -0.489. The minimum Gasteiger partial charge on any atom is -0.505 e. The third-order valence-electron chi connectivity index (χ3n) is 4.33. The van der Waals surface area contributed by atoms with Gasteiger partial charge in [0.25, 0.3) is 0 Å². The van der Waals surface area contributed by atoms with Gasteiger partial charge in [-0.2, -0.15) is 0 Å². The SMILES string of the molecule is CC=CC(=O)OCc1ccccc1N=Nc1c(O)ccc(C(=O)c2ccccc2)c1O. The minimum absolute atomic E-state index is 0.00785. The lowest BCUT2D eigenvalue weighted by molar-refractivity contribution is -0.139. The predicted molar refractivity (Wildman–Crippen MR) is 115 cm³/mol. The van der Waals surface area contributed by atoms with Crippen molar-refractivity contribution in [2.75, 3.05) is 0 Å². The van der Waals surface area contributed by atoms with Crippen LogP contribution in [-0.4, -0.2) is 22.0 Å². The van der Waals surface area contributed by atoms with Crippen molar-refractivity contribution >= 4 is 23.1 Å². The number of benzene rings is 3. The van der Waals surface area contributed by atoms with Gasteiger partial charge in [0.1, 0.15) is 12.4 Å². The molecular weight excluding hydrogens is 396 g/mol. The van der Waals surface area contributed by atoms with Crippen molar-refractivity contribution in [2.24, 2.45) is 10.2 Å². The first-order valence-electron chi connectivity index (χ1n) is 9.45. The molecule has 31 heavy (non-hydrogen) atoms. The summed E-state index contributed by atoms with van der Waals surface area (Å²) in [4.78, 5) is 24.2. The van der Waals surface area contributed by atoms with Crippen LogP contribution in [0.15, 0.2) is 89.1 Å². The van der Waals surface area contributed by atoms with Gasteiger partial charge in [-0.15, -0.1) is 10.2 Å². The number of esters is 1. The largest absolute Gasteiger partial charge is 0.505 e. The summed E-state index contributed by atoms with van der Waals surface area (Å²) in [7, 11) is 0. The molecule has 3 aromatic carbocycles. The molecule has 0 saturated heterocycles. The maximum Gasteiger partial charge on any atom is 0.330 e. The molecule has 0 heterocycles. The molecule has 0 aliphatic heterocycles. The van der Waals surface area contributed by atoms with Crippen molar-refractivity contribution in [1.82, 2.24) is 0 Å². The Labute approximate surface area is 179 Å². The number of allylic oxidation sites excluding steroid dienone is 1. The van der Waals surface area contributed by atoms with Gasteiger partial charge in [-0.25, -0.2) is 4.79 Å². The number of ketones is 1. The molecule has 0 unspecified atom stereocenters. The fourth-order valence-electron chi connectivity index (χ4n) is 2.76. The highest BCUT2D eigenvalue weighted by molar-refractivity contribution is 6.11. The summed E-state index contributed by atoms with van der Waals surface area (Å²) in [6.07, 6.45) is 2.87. The van der Waals surface area contributed by atoms with E-state index < -0.39 is 17.5 Å². The summed E-state index contributed by atoms with van der Waals surface area (Å²) in [6, 6.07) is 17.9. The quantitative estimate of drug-likeness (QED) is 0.233. The molecule has 0 aliphatic rings. The highest BCUT2D eigenvalue weighted by Crippen LogP contribution is 2.40. The first-order valence-corrected chi connectivity index (χ1v) is 9.45. The van der Waals surface area contributed by atoms with Crippen LogP contribution < -0.4 is 0 Å². The molecule has 2 N–H and O–H groups in total. The van der Waals surface area contributed by atoms with Crippen molar-refractivity contribution in [3.8, 4) is 11.5 Å². The molecule has 0 fully saturated rings. The fourth-order valence-corrected chi connectivity index (χ4v) is 2.76. The molecule has 0 aromatic heterocycles. The zero-order valence-corrected chi connectivity index (χ0v) is 16.7. The maximum atomic E-state index is 12.7. The Hall–Kier alpha value is -4.26. The van der Waals surface area contributed by atoms with E-state index in [-0.39, 0.29) is 23.6 Å². The van der Waals surface area contributed by atoms with Crippen molar-refractivity contribution in [2.45, 2.75) is 13.5 Å². The second kappa shape index (κ2) is 9.98. The Bertz CT molecular complexity index is 1150. The molecule has 0 saturated carbocycles. The number of rotatable bonds is 7. The highest BCUT2D eigenvalue weighted by atomic mass is 16.5. The van der Waals surface area contributed by atoms with E-state index >= 15 is 0 Å². The van der Waals surface area contributed by atoms with Crippen molar-refractivity contribution in [1.29, 1.82) is 0 Å². The third kappa shape index (κ3) is 5.22. The maximum absolute atomic E-state index is 12.7. The number of nitrogens with zero attached hydrogens (tertiary/aromatic N) is 2. The zero-order valence-electron chi connectivity index (χ0n) is 16.7. The van der Waals surface area contributed by atoms with Crippen LogP contribution in [-0.2, 0) is 16.1 Å². The van der Waals surface area contributed by atoms with Crippen molar-refractivity contribution in [3.63, 3.8) is 0 Å². The lowest BCUT2D eigenvalue weighted by Gasteiger charge is -2.08. The van der Waals surface area contributed by atoms with Gasteiger partial charge >= 0.3 is 5.97 Å². The summed E-state index contributed by atoms with van der Waals surface area (Å²) in [5.41, 5.74) is 1.11. The Balaban J connectivity index is 1.90. The van der Waals surface area contributed by atoms with Gasteiger partial charge in [0.05, 0.1) is 11.3 Å². The normalized spacial score (nSPS) is 11.1. The number of azo groups is 1. The number of carbonyl (C=O) groups is 2. The van der Waals surface area contributed by atoms with Crippen LogP contribution in [0.25, 0.3) is 0 Å². The van der Waals surface area contributed by atoms with E-state index in [0.29, 0.717) is 16.8 Å². The van der Waals surface area contributed by atoms with Crippen molar-refractivity contribution < 1.29 is 24.5 Å². The Morgan fingerprint density at radius 3 is 2.39 bits per heavy atom. The van der Waals surface area contributed by atoms with Gasteiger partial charge in [0.2, 0.25) is 0 Å². The molecule has 0 atom stereocenters. The fraction of sp³-hybridized carbons (Fsp3) is 0.0833. The number of carbonyl (C=O) groups excluding carboxylic acids is 2. The number of phenols is 2.